The van der Waals surface area contributed by atoms with Crippen molar-refractivity contribution in [1.82, 2.24) is 10.2 Å². The molecule has 16 heavy (non-hydrogen) atoms. The van der Waals surface area contributed by atoms with Gasteiger partial charge in [-0.25, -0.2) is 4.79 Å². The molecule has 0 amide bonds. The molecule has 0 spiro atoms. The van der Waals surface area contributed by atoms with Gasteiger partial charge in [0.15, 0.2) is 5.15 Å². The molecule has 0 aliphatic rings. The van der Waals surface area contributed by atoms with Crippen LogP contribution in [0.25, 0.3) is 11.3 Å². The summed E-state index contributed by atoms with van der Waals surface area (Å²) in [7, 11) is 0. The number of halogens is 1. The van der Waals surface area contributed by atoms with Gasteiger partial charge in [0.25, 0.3) is 0 Å². The number of hydrogen-bond acceptors (Lipinski definition) is 3. The van der Waals surface area contributed by atoms with Crippen molar-refractivity contribution in [1.29, 1.82) is 0 Å². The Balaban J connectivity index is 2.44. The number of carboxylic acid groups (broad SMARTS) is 1. The summed E-state index contributed by atoms with van der Waals surface area (Å²) in [5.41, 5.74) is 1.51. The van der Waals surface area contributed by atoms with Crippen LogP contribution in [-0.4, -0.2) is 21.3 Å². The first-order chi connectivity index (χ1) is 7.66. The van der Waals surface area contributed by atoms with Gasteiger partial charge < -0.3 is 5.11 Å². The van der Waals surface area contributed by atoms with Crippen LogP contribution in [0.4, 0.5) is 0 Å². The quantitative estimate of drug-likeness (QED) is 0.867. The summed E-state index contributed by atoms with van der Waals surface area (Å²) in [4.78, 5) is 10.8. The molecule has 0 aliphatic heterocycles. The third-order valence-corrected chi connectivity index (χ3v) is 2.24. The molecular weight excluding hydrogens is 228 g/mol. The van der Waals surface area contributed by atoms with E-state index >= 15 is 0 Å². The van der Waals surface area contributed by atoms with Crippen molar-refractivity contribution < 1.29 is 9.90 Å². The van der Waals surface area contributed by atoms with Crippen LogP contribution >= 0.6 is 11.6 Å². The number of aromatic nitrogens is 2. The summed E-state index contributed by atoms with van der Waals surface area (Å²) in [5, 5.41) is 16.7. The smallest absolute Gasteiger partial charge is 0.335 e. The van der Waals surface area contributed by atoms with Crippen molar-refractivity contribution >= 4 is 17.6 Å². The van der Waals surface area contributed by atoms with Crippen LogP contribution in [0.2, 0.25) is 5.15 Å². The van der Waals surface area contributed by atoms with Gasteiger partial charge in [0.1, 0.15) is 0 Å². The van der Waals surface area contributed by atoms with E-state index < -0.39 is 5.97 Å². The molecule has 80 valence electrons. The molecule has 0 saturated heterocycles. The minimum absolute atomic E-state index is 0.217. The second-order valence-corrected chi connectivity index (χ2v) is 3.51. The fourth-order valence-corrected chi connectivity index (χ4v) is 1.38. The number of carbonyl (C=O) groups is 1. The molecule has 0 saturated carbocycles. The van der Waals surface area contributed by atoms with E-state index in [0.29, 0.717) is 16.4 Å². The highest BCUT2D eigenvalue weighted by atomic mass is 35.5. The molecule has 0 aliphatic carbocycles. The number of hydrogen-bond donors (Lipinski definition) is 1. The Hall–Kier alpha value is -1.94. The number of aromatic carboxylic acids is 1. The van der Waals surface area contributed by atoms with Gasteiger partial charge >= 0.3 is 5.97 Å². The largest absolute Gasteiger partial charge is 0.478 e. The van der Waals surface area contributed by atoms with Gasteiger partial charge in [-0.1, -0.05) is 23.7 Å². The Kier molecular flexibility index (Phi) is 2.83. The standard InChI is InChI=1S/C11H7ClN2O2/c12-10-5-4-9(13-14-10)7-2-1-3-8(6-7)11(15)16/h1-6H,(H,15,16). The molecule has 0 fully saturated rings. The second kappa shape index (κ2) is 4.28. The van der Waals surface area contributed by atoms with Crippen LogP contribution in [0, 0.1) is 0 Å². The number of carboxylic acids is 1. The highest BCUT2D eigenvalue weighted by Crippen LogP contribution is 2.18. The highest BCUT2D eigenvalue weighted by molar-refractivity contribution is 6.29. The van der Waals surface area contributed by atoms with Gasteiger partial charge in [0.05, 0.1) is 11.3 Å². The molecule has 0 unspecified atom stereocenters. The van der Waals surface area contributed by atoms with Gasteiger partial charge in [-0.05, 0) is 24.3 Å². The molecule has 0 atom stereocenters. The van der Waals surface area contributed by atoms with Crippen molar-refractivity contribution in [2.75, 3.05) is 0 Å². The van der Waals surface area contributed by atoms with Gasteiger partial charge in [-0.2, -0.15) is 0 Å². The number of nitrogens with zero attached hydrogens (tertiary/aromatic N) is 2. The first kappa shape index (κ1) is 10.6. The normalized spacial score (nSPS) is 10.1. The van der Waals surface area contributed by atoms with Gasteiger partial charge in [0.2, 0.25) is 0 Å². The Morgan fingerprint density at radius 1 is 1.19 bits per heavy atom. The molecule has 4 nitrogen and oxygen atoms in total. The lowest BCUT2D eigenvalue weighted by molar-refractivity contribution is 0.0697. The first-order valence-corrected chi connectivity index (χ1v) is 4.87. The molecule has 1 aromatic heterocycles. The molecule has 1 heterocycles. The molecule has 0 radical (unpaired) electrons. The fraction of sp³-hybridized carbons (Fsp3) is 0. The lowest BCUT2D eigenvalue weighted by atomic mass is 10.1. The van der Waals surface area contributed by atoms with Crippen molar-refractivity contribution in [3.63, 3.8) is 0 Å². The topological polar surface area (TPSA) is 63.1 Å². The first-order valence-electron chi connectivity index (χ1n) is 4.50. The SMILES string of the molecule is O=C(O)c1cccc(-c2ccc(Cl)nn2)c1. The van der Waals surface area contributed by atoms with E-state index in [0.717, 1.165) is 0 Å². The summed E-state index contributed by atoms with van der Waals surface area (Å²) in [6.07, 6.45) is 0. The zero-order chi connectivity index (χ0) is 11.5. The lowest BCUT2D eigenvalue weighted by Gasteiger charge is -2.01. The van der Waals surface area contributed by atoms with E-state index in [1.165, 1.54) is 6.07 Å². The minimum atomic E-state index is -0.969. The third kappa shape index (κ3) is 2.17. The maximum absolute atomic E-state index is 10.8. The number of rotatable bonds is 2. The van der Waals surface area contributed by atoms with Crippen molar-refractivity contribution in [3.05, 3.63) is 47.1 Å². The monoisotopic (exact) mass is 234 g/mol. The molecule has 5 heteroatoms. The average Bonchev–Trinajstić information content (AvgIpc) is 2.30. The van der Waals surface area contributed by atoms with E-state index in [2.05, 4.69) is 10.2 Å². The Bertz CT molecular complexity index is 526. The summed E-state index contributed by atoms with van der Waals surface area (Å²) < 4.78 is 0. The summed E-state index contributed by atoms with van der Waals surface area (Å²) in [6, 6.07) is 9.79. The lowest BCUT2D eigenvalue weighted by Crippen LogP contribution is -1.96. The van der Waals surface area contributed by atoms with Crippen molar-refractivity contribution in [2.24, 2.45) is 0 Å². The molecule has 1 aromatic carbocycles. The third-order valence-electron chi connectivity index (χ3n) is 2.04. The summed E-state index contributed by atoms with van der Waals surface area (Å²) in [6.45, 7) is 0. The number of benzene rings is 1. The van der Waals surface area contributed by atoms with Crippen molar-refractivity contribution in [2.45, 2.75) is 0 Å². The molecule has 0 bridgehead atoms. The summed E-state index contributed by atoms with van der Waals surface area (Å²) in [5.74, 6) is -0.969. The van der Waals surface area contributed by atoms with Crippen LogP contribution in [0.5, 0.6) is 0 Å². The van der Waals surface area contributed by atoms with E-state index in [1.54, 1.807) is 30.3 Å². The zero-order valence-corrected chi connectivity index (χ0v) is 8.85. The van der Waals surface area contributed by atoms with Crippen LogP contribution in [0.15, 0.2) is 36.4 Å². The zero-order valence-electron chi connectivity index (χ0n) is 8.09. The van der Waals surface area contributed by atoms with Crippen LogP contribution in [0.3, 0.4) is 0 Å². The van der Waals surface area contributed by atoms with Gasteiger partial charge in [0, 0.05) is 5.56 Å². The average molecular weight is 235 g/mol. The van der Waals surface area contributed by atoms with Crippen molar-refractivity contribution in [3.8, 4) is 11.3 Å². The van der Waals surface area contributed by atoms with E-state index in [4.69, 9.17) is 16.7 Å². The highest BCUT2D eigenvalue weighted by Gasteiger charge is 2.05. The predicted octanol–water partition coefficient (Wildman–Crippen LogP) is 2.50. The second-order valence-electron chi connectivity index (χ2n) is 3.13. The van der Waals surface area contributed by atoms with E-state index in [-0.39, 0.29) is 5.56 Å². The molecular formula is C11H7ClN2O2. The minimum Gasteiger partial charge on any atom is -0.478 e. The Labute approximate surface area is 96.5 Å². The maximum Gasteiger partial charge on any atom is 0.335 e. The van der Waals surface area contributed by atoms with E-state index in [1.807, 2.05) is 0 Å². The Morgan fingerprint density at radius 3 is 2.62 bits per heavy atom. The van der Waals surface area contributed by atoms with Crippen LogP contribution < -0.4 is 0 Å². The predicted molar refractivity (Wildman–Crippen MR) is 59.4 cm³/mol. The van der Waals surface area contributed by atoms with E-state index in [9.17, 15) is 4.79 Å². The molecule has 1 N–H and O–H groups in total. The maximum atomic E-state index is 10.8. The molecule has 2 rings (SSSR count). The van der Waals surface area contributed by atoms with Crippen LogP contribution in [-0.2, 0) is 0 Å². The molecule has 2 aromatic rings. The summed E-state index contributed by atoms with van der Waals surface area (Å²) >= 11 is 5.61. The fourth-order valence-electron chi connectivity index (χ4n) is 1.28. The van der Waals surface area contributed by atoms with Crippen LogP contribution in [0.1, 0.15) is 10.4 Å². The Morgan fingerprint density at radius 2 is 2.00 bits per heavy atom. The van der Waals surface area contributed by atoms with Gasteiger partial charge in [-0.15, -0.1) is 10.2 Å². The van der Waals surface area contributed by atoms with Gasteiger partial charge in [-0.3, -0.25) is 0 Å².